The first kappa shape index (κ1) is 20.9. The fourth-order valence-electron chi connectivity index (χ4n) is 5.50. The van der Waals surface area contributed by atoms with Gasteiger partial charge in [0.1, 0.15) is 11.5 Å². The van der Waals surface area contributed by atoms with Crippen LogP contribution in [0.25, 0.3) is 27.9 Å². The van der Waals surface area contributed by atoms with Gasteiger partial charge in [-0.2, -0.15) is 15.1 Å². The second-order valence-corrected chi connectivity index (χ2v) is 9.58. The number of hydrogen-bond acceptors (Lipinski definition) is 7. The van der Waals surface area contributed by atoms with Gasteiger partial charge in [-0.1, -0.05) is 0 Å². The zero-order chi connectivity index (χ0) is 23.3. The van der Waals surface area contributed by atoms with Gasteiger partial charge in [0.2, 0.25) is 11.9 Å². The molecule has 0 radical (unpaired) electrons. The molecule has 176 valence electrons. The Bertz CT molecular complexity index is 1370. The fraction of sp³-hybridized carbons (Fsp3) is 0.458. The molecule has 2 fully saturated rings. The number of fused-ring (bicyclic) bond motifs is 2. The first-order valence-corrected chi connectivity index (χ1v) is 12.0. The monoisotopic (exact) mass is 459 g/mol. The predicted octanol–water partition coefficient (Wildman–Crippen LogP) is 3.44. The van der Waals surface area contributed by atoms with E-state index in [4.69, 9.17) is 15.0 Å². The van der Waals surface area contributed by atoms with Gasteiger partial charge in [0, 0.05) is 55.6 Å². The lowest BCUT2D eigenvalue weighted by Crippen LogP contribution is -2.50. The molecule has 0 spiro atoms. The molecule has 1 saturated carbocycles. The van der Waals surface area contributed by atoms with Crippen molar-refractivity contribution in [3.8, 4) is 11.3 Å². The van der Waals surface area contributed by atoms with Crippen LogP contribution in [0.1, 0.15) is 45.4 Å². The number of H-pyrrole nitrogens is 1. The van der Waals surface area contributed by atoms with E-state index >= 15 is 0 Å². The highest BCUT2D eigenvalue weighted by Gasteiger charge is 2.40. The molecule has 3 N–H and O–H groups in total. The van der Waals surface area contributed by atoms with Crippen LogP contribution >= 0.6 is 0 Å². The van der Waals surface area contributed by atoms with E-state index in [9.17, 15) is 4.79 Å². The minimum Gasteiger partial charge on any atom is -0.372 e. The summed E-state index contributed by atoms with van der Waals surface area (Å²) >= 11 is 0. The van der Waals surface area contributed by atoms with E-state index in [0.717, 1.165) is 72.4 Å². The molecular weight excluding hydrogens is 430 g/mol. The normalized spacial score (nSPS) is 23.2. The molecule has 1 aliphatic carbocycles. The van der Waals surface area contributed by atoms with Crippen molar-refractivity contribution in [2.75, 3.05) is 24.2 Å². The summed E-state index contributed by atoms with van der Waals surface area (Å²) in [5.74, 6) is 1.67. The number of rotatable bonds is 5. The SMILES string of the molecule is CNc1nc(NC2CCC(C)(N3CCCC3=O)CC2)nc2[nH]cc(-c3ccn4nccc4n3)c12. The van der Waals surface area contributed by atoms with Crippen molar-refractivity contribution < 1.29 is 4.79 Å². The van der Waals surface area contributed by atoms with Crippen LogP contribution in [-0.4, -0.2) is 65.5 Å². The average molecular weight is 460 g/mol. The van der Waals surface area contributed by atoms with Gasteiger partial charge in [0.05, 0.1) is 17.3 Å². The number of nitrogens with one attached hydrogen (secondary N) is 3. The number of carbonyl (C=O) groups is 1. The minimum absolute atomic E-state index is 0.0231. The van der Waals surface area contributed by atoms with Gasteiger partial charge < -0.3 is 20.5 Å². The lowest BCUT2D eigenvalue weighted by molar-refractivity contribution is -0.133. The van der Waals surface area contributed by atoms with E-state index in [1.165, 1.54) is 0 Å². The molecule has 5 heterocycles. The molecule has 1 saturated heterocycles. The maximum Gasteiger partial charge on any atom is 0.226 e. The van der Waals surface area contributed by atoms with Crippen molar-refractivity contribution in [1.82, 2.24) is 34.4 Å². The van der Waals surface area contributed by atoms with Crippen LogP contribution < -0.4 is 10.6 Å². The third-order valence-electron chi connectivity index (χ3n) is 7.42. The van der Waals surface area contributed by atoms with Gasteiger partial charge in [-0.15, -0.1) is 0 Å². The number of aromatic nitrogens is 6. The highest BCUT2D eigenvalue weighted by atomic mass is 16.2. The zero-order valence-corrected chi connectivity index (χ0v) is 19.5. The summed E-state index contributed by atoms with van der Waals surface area (Å²) in [6.07, 6.45) is 11.2. The minimum atomic E-state index is -0.0231. The second-order valence-electron chi connectivity index (χ2n) is 9.58. The summed E-state index contributed by atoms with van der Waals surface area (Å²) in [4.78, 5) is 32.0. The van der Waals surface area contributed by atoms with Gasteiger partial charge >= 0.3 is 0 Å². The molecule has 4 aromatic rings. The van der Waals surface area contributed by atoms with Crippen LogP contribution in [0.3, 0.4) is 0 Å². The highest BCUT2D eigenvalue weighted by Crippen LogP contribution is 2.37. The quantitative estimate of drug-likeness (QED) is 0.419. The van der Waals surface area contributed by atoms with Crippen LogP contribution in [0.5, 0.6) is 0 Å². The van der Waals surface area contributed by atoms with E-state index in [-0.39, 0.29) is 11.6 Å². The molecule has 34 heavy (non-hydrogen) atoms. The van der Waals surface area contributed by atoms with Crippen molar-refractivity contribution in [1.29, 1.82) is 0 Å². The van der Waals surface area contributed by atoms with Crippen molar-refractivity contribution in [2.24, 2.45) is 0 Å². The molecule has 6 rings (SSSR count). The first-order valence-electron chi connectivity index (χ1n) is 12.0. The Hall–Kier alpha value is -3.69. The molecule has 2 aliphatic rings. The van der Waals surface area contributed by atoms with Gasteiger partial charge in [0.25, 0.3) is 0 Å². The number of amides is 1. The molecule has 4 aromatic heterocycles. The second kappa shape index (κ2) is 7.96. The van der Waals surface area contributed by atoms with E-state index in [0.29, 0.717) is 18.3 Å². The number of aromatic amines is 1. The Kier molecular flexibility index (Phi) is 4.89. The zero-order valence-electron chi connectivity index (χ0n) is 19.5. The smallest absolute Gasteiger partial charge is 0.226 e. The Labute approximate surface area is 197 Å². The molecular formula is C24H29N9O. The van der Waals surface area contributed by atoms with Crippen molar-refractivity contribution in [3.63, 3.8) is 0 Å². The predicted molar refractivity (Wildman–Crippen MR) is 131 cm³/mol. The van der Waals surface area contributed by atoms with Crippen LogP contribution in [0, 0.1) is 0 Å². The van der Waals surface area contributed by atoms with Crippen LogP contribution in [0.2, 0.25) is 0 Å². The topological polar surface area (TPSA) is 116 Å². The number of hydrogen-bond donors (Lipinski definition) is 3. The molecule has 0 bridgehead atoms. The Morgan fingerprint density at radius 2 is 2.03 bits per heavy atom. The van der Waals surface area contributed by atoms with Crippen molar-refractivity contribution >= 4 is 34.4 Å². The van der Waals surface area contributed by atoms with E-state index in [1.807, 2.05) is 31.6 Å². The lowest BCUT2D eigenvalue weighted by atomic mass is 9.79. The first-order chi connectivity index (χ1) is 16.5. The fourth-order valence-corrected chi connectivity index (χ4v) is 5.50. The largest absolute Gasteiger partial charge is 0.372 e. The summed E-state index contributed by atoms with van der Waals surface area (Å²) in [6.45, 7) is 3.14. The summed E-state index contributed by atoms with van der Waals surface area (Å²) in [5.41, 5.74) is 3.30. The Balaban J connectivity index is 1.23. The molecule has 0 atom stereocenters. The van der Waals surface area contributed by atoms with Crippen LogP contribution in [-0.2, 0) is 4.79 Å². The molecule has 1 amide bonds. The van der Waals surface area contributed by atoms with Gasteiger partial charge in [0.15, 0.2) is 5.65 Å². The van der Waals surface area contributed by atoms with E-state index in [2.05, 4.69) is 32.5 Å². The van der Waals surface area contributed by atoms with Crippen LogP contribution in [0.4, 0.5) is 11.8 Å². The maximum atomic E-state index is 12.3. The number of anilines is 2. The average Bonchev–Trinajstić information content (AvgIpc) is 3.59. The molecule has 0 unspecified atom stereocenters. The molecule has 10 heteroatoms. The number of nitrogens with zero attached hydrogens (tertiary/aromatic N) is 6. The van der Waals surface area contributed by atoms with Gasteiger partial charge in [-0.05, 0) is 45.1 Å². The highest BCUT2D eigenvalue weighted by molar-refractivity contribution is 6.00. The van der Waals surface area contributed by atoms with E-state index < -0.39 is 0 Å². The van der Waals surface area contributed by atoms with Crippen molar-refractivity contribution in [3.05, 3.63) is 30.7 Å². The molecule has 1 aliphatic heterocycles. The number of likely N-dealkylation sites (tertiary alicyclic amines) is 1. The van der Waals surface area contributed by atoms with E-state index in [1.54, 1.807) is 10.7 Å². The third kappa shape index (κ3) is 3.44. The lowest BCUT2D eigenvalue weighted by Gasteiger charge is -2.44. The Morgan fingerprint density at radius 3 is 2.79 bits per heavy atom. The molecule has 10 nitrogen and oxygen atoms in total. The van der Waals surface area contributed by atoms with Crippen molar-refractivity contribution in [2.45, 2.75) is 57.0 Å². The third-order valence-corrected chi connectivity index (χ3v) is 7.42. The molecule has 0 aromatic carbocycles. The summed E-state index contributed by atoms with van der Waals surface area (Å²) in [6, 6.07) is 4.11. The van der Waals surface area contributed by atoms with Crippen LogP contribution in [0.15, 0.2) is 30.7 Å². The number of carbonyl (C=O) groups excluding carboxylic acids is 1. The van der Waals surface area contributed by atoms with Gasteiger partial charge in [-0.25, -0.2) is 9.50 Å². The van der Waals surface area contributed by atoms with Gasteiger partial charge in [-0.3, -0.25) is 4.79 Å². The Morgan fingerprint density at radius 1 is 1.18 bits per heavy atom. The summed E-state index contributed by atoms with van der Waals surface area (Å²) in [7, 11) is 1.87. The summed E-state index contributed by atoms with van der Waals surface area (Å²) in [5, 5.41) is 11.9. The summed E-state index contributed by atoms with van der Waals surface area (Å²) < 4.78 is 1.74. The maximum absolute atomic E-state index is 12.3. The standard InChI is InChI=1S/C24H29N9O/c1-24(32-12-3-4-19(32)34)9-5-15(6-10-24)28-23-30-21(25-2)20-16(14-26-22(20)31-23)17-8-13-33-18(29-17)7-11-27-33/h7-8,11,13-15H,3-6,9-10,12H2,1-2H3,(H3,25,26,28,30,31).